The van der Waals surface area contributed by atoms with Gasteiger partial charge in [-0.2, -0.15) is 13.2 Å². The lowest BCUT2D eigenvalue weighted by atomic mass is 9.97. The van der Waals surface area contributed by atoms with Crippen molar-refractivity contribution in [2.24, 2.45) is 5.92 Å². The fourth-order valence-corrected chi connectivity index (χ4v) is 1.64. The Labute approximate surface area is 109 Å². The van der Waals surface area contributed by atoms with Crippen molar-refractivity contribution in [3.05, 3.63) is 35.4 Å². The SMILES string of the molecule is Cc1ccccc1CC(COCC(F)(F)F)C(=O)O. The number of benzene rings is 1. The smallest absolute Gasteiger partial charge is 0.411 e. The van der Waals surface area contributed by atoms with Crippen LogP contribution in [0.25, 0.3) is 0 Å². The van der Waals surface area contributed by atoms with Gasteiger partial charge in [0.1, 0.15) is 6.61 Å². The van der Waals surface area contributed by atoms with Crippen molar-refractivity contribution in [3.8, 4) is 0 Å². The molecule has 106 valence electrons. The standard InChI is InChI=1S/C13H15F3O3/c1-9-4-2-3-5-10(9)6-11(12(17)18)7-19-8-13(14,15)16/h2-5,11H,6-8H2,1H3,(H,17,18). The Morgan fingerprint density at radius 3 is 2.53 bits per heavy atom. The third-order valence-corrected chi connectivity index (χ3v) is 2.66. The lowest BCUT2D eigenvalue weighted by Crippen LogP contribution is -2.26. The lowest BCUT2D eigenvalue weighted by Gasteiger charge is -2.15. The van der Waals surface area contributed by atoms with E-state index in [1.54, 1.807) is 12.1 Å². The molecule has 1 unspecified atom stereocenters. The molecule has 0 spiro atoms. The molecular weight excluding hydrogens is 261 g/mol. The van der Waals surface area contributed by atoms with E-state index in [-0.39, 0.29) is 6.42 Å². The van der Waals surface area contributed by atoms with E-state index in [2.05, 4.69) is 4.74 Å². The molecule has 0 aliphatic carbocycles. The van der Waals surface area contributed by atoms with Crippen molar-refractivity contribution in [1.29, 1.82) is 0 Å². The molecule has 1 atom stereocenters. The number of ether oxygens (including phenoxy) is 1. The Kier molecular flexibility index (Phi) is 5.35. The van der Waals surface area contributed by atoms with Gasteiger partial charge in [0, 0.05) is 0 Å². The van der Waals surface area contributed by atoms with Crippen LogP contribution in [0.15, 0.2) is 24.3 Å². The summed E-state index contributed by atoms with van der Waals surface area (Å²) in [7, 11) is 0. The molecule has 0 heterocycles. The van der Waals surface area contributed by atoms with Gasteiger partial charge in [-0.05, 0) is 24.5 Å². The predicted octanol–water partition coefficient (Wildman–Crippen LogP) is 2.82. The van der Waals surface area contributed by atoms with Crippen molar-refractivity contribution in [2.75, 3.05) is 13.2 Å². The Bertz CT molecular complexity index is 429. The lowest BCUT2D eigenvalue weighted by molar-refractivity contribution is -0.179. The number of carbonyl (C=O) groups is 1. The van der Waals surface area contributed by atoms with Gasteiger partial charge in [0.05, 0.1) is 12.5 Å². The summed E-state index contributed by atoms with van der Waals surface area (Å²) < 4.78 is 40.2. The van der Waals surface area contributed by atoms with Crippen LogP contribution in [-0.4, -0.2) is 30.5 Å². The minimum atomic E-state index is -4.44. The molecule has 0 aliphatic heterocycles. The van der Waals surface area contributed by atoms with Gasteiger partial charge >= 0.3 is 12.1 Å². The Morgan fingerprint density at radius 2 is 2.00 bits per heavy atom. The molecule has 0 aliphatic rings. The zero-order chi connectivity index (χ0) is 14.5. The average Bonchev–Trinajstić information content (AvgIpc) is 2.28. The number of aliphatic carboxylic acids is 1. The first-order valence-corrected chi connectivity index (χ1v) is 5.71. The average molecular weight is 276 g/mol. The highest BCUT2D eigenvalue weighted by molar-refractivity contribution is 5.70. The Morgan fingerprint density at radius 1 is 1.37 bits per heavy atom. The van der Waals surface area contributed by atoms with Gasteiger partial charge in [0.25, 0.3) is 0 Å². The molecule has 0 saturated carbocycles. The molecule has 1 aromatic rings. The molecule has 0 radical (unpaired) electrons. The second-order valence-electron chi connectivity index (χ2n) is 4.30. The zero-order valence-electron chi connectivity index (χ0n) is 10.4. The van der Waals surface area contributed by atoms with Gasteiger partial charge in [0.15, 0.2) is 0 Å². The molecule has 1 aromatic carbocycles. The highest BCUT2D eigenvalue weighted by Crippen LogP contribution is 2.17. The third-order valence-electron chi connectivity index (χ3n) is 2.66. The fourth-order valence-electron chi connectivity index (χ4n) is 1.64. The number of carboxylic acid groups (broad SMARTS) is 1. The first-order valence-electron chi connectivity index (χ1n) is 5.71. The Hall–Kier alpha value is -1.56. The molecule has 0 fully saturated rings. The molecule has 19 heavy (non-hydrogen) atoms. The molecule has 0 amide bonds. The highest BCUT2D eigenvalue weighted by Gasteiger charge is 2.29. The maximum absolute atomic E-state index is 11.9. The molecular formula is C13H15F3O3. The van der Waals surface area contributed by atoms with Crippen LogP contribution in [-0.2, 0) is 16.0 Å². The number of halogens is 3. The van der Waals surface area contributed by atoms with Gasteiger partial charge in [-0.15, -0.1) is 0 Å². The van der Waals surface area contributed by atoms with Crippen molar-refractivity contribution in [1.82, 2.24) is 0 Å². The van der Waals surface area contributed by atoms with Crippen molar-refractivity contribution in [2.45, 2.75) is 19.5 Å². The summed E-state index contributed by atoms with van der Waals surface area (Å²) >= 11 is 0. The third kappa shape index (κ3) is 5.74. The number of carboxylic acids is 1. The van der Waals surface area contributed by atoms with Gasteiger partial charge in [-0.25, -0.2) is 0 Å². The number of aryl methyl sites for hydroxylation is 1. The van der Waals surface area contributed by atoms with Crippen molar-refractivity contribution in [3.63, 3.8) is 0 Å². The van der Waals surface area contributed by atoms with E-state index in [9.17, 15) is 18.0 Å². The van der Waals surface area contributed by atoms with Gasteiger partial charge < -0.3 is 9.84 Å². The summed E-state index contributed by atoms with van der Waals surface area (Å²) in [6.07, 6.45) is -4.29. The van der Waals surface area contributed by atoms with Crippen molar-refractivity contribution >= 4 is 5.97 Å². The van der Waals surface area contributed by atoms with Crippen molar-refractivity contribution < 1.29 is 27.8 Å². The molecule has 0 aromatic heterocycles. The highest BCUT2D eigenvalue weighted by atomic mass is 19.4. The largest absolute Gasteiger partial charge is 0.481 e. The minimum absolute atomic E-state index is 0.153. The summed E-state index contributed by atoms with van der Waals surface area (Å²) in [4.78, 5) is 11.0. The van der Waals surface area contributed by atoms with E-state index >= 15 is 0 Å². The van der Waals surface area contributed by atoms with Crippen LogP contribution in [0.1, 0.15) is 11.1 Å². The molecule has 1 rings (SSSR count). The van der Waals surface area contributed by atoms with Crippen LogP contribution in [0, 0.1) is 12.8 Å². The second kappa shape index (κ2) is 6.56. The first kappa shape index (κ1) is 15.5. The summed E-state index contributed by atoms with van der Waals surface area (Å²) in [6, 6.07) is 7.16. The van der Waals surface area contributed by atoms with Crippen LogP contribution in [0.2, 0.25) is 0 Å². The molecule has 6 heteroatoms. The van der Waals surface area contributed by atoms with Crippen LogP contribution >= 0.6 is 0 Å². The quantitative estimate of drug-likeness (QED) is 0.869. The predicted molar refractivity (Wildman–Crippen MR) is 62.9 cm³/mol. The molecule has 0 bridgehead atoms. The zero-order valence-corrected chi connectivity index (χ0v) is 10.4. The second-order valence-corrected chi connectivity index (χ2v) is 4.30. The molecule has 0 saturated heterocycles. The van der Waals surface area contributed by atoms with Gasteiger partial charge in [0.2, 0.25) is 0 Å². The topological polar surface area (TPSA) is 46.5 Å². The summed E-state index contributed by atoms with van der Waals surface area (Å²) in [5, 5.41) is 8.99. The van der Waals surface area contributed by atoms with E-state index in [4.69, 9.17) is 5.11 Å². The number of alkyl halides is 3. The van der Waals surface area contributed by atoms with E-state index in [1.807, 2.05) is 19.1 Å². The van der Waals surface area contributed by atoms with Crippen LogP contribution in [0.3, 0.4) is 0 Å². The first-order chi connectivity index (χ1) is 8.79. The monoisotopic (exact) mass is 276 g/mol. The Balaban J connectivity index is 2.59. The van der Waals surface area contributed by atoms with Crippen LogP contribution in [0.4, 0.5) is 13.2 Å². The van der Waals surface area contributed by atoms with E-state index < -0.39 is 31.3 Å². The van der Waals surface area contributed by atoms with Gasteiger partial charge in [-0.1, -0.05) is 24.3 Å². The van der Waals surface area contributed by atoms with E-state index in [1.165, 1.54) is 0 Å². The van der Waals surface area contributed by atoms with E-state index in [0.717, 1.165) is 11.1 Å². The number of hydrogen-bond acceptors (Lipinski definition) is 2. The number of hydrogen-bond donors (Lipinski definition) is 1. The number of rotatable bonds is 6. The summed E-state index contributed by atoms with van der Waals surface area (Å²) in [6.45, 7) is -0.0570. The maximum Gasteiger partial charge on any atom is 0.411 e. The van der Waals surface area contributed by atoms with Gasteiger partial charge in [-0.3, -0.25) is 4.79 Å². The molecule has 3 nitrogen and oxygen atoms in total. The normalized spacial score (nSPS) is 13.3. The molecule has 1 N–H and O–H groups in total. The summed E-state index contributed by atoms with van der Waals surface area (Å²) in [5.74, 6) is -2.14. The minimum Gasteiger partial charge on any atom is -0.481 e. The maximum atomic E-state index is 11.9. The fraction of sp³-hybridized carbons (Fsp3) is 0.462. The summed E-state index contributed by atoms with van der Waals surface area (Å²) in [5.41, 5.74) is 1.70. The van der Waals surface area contributed by atoms with Crippen LogP contribution < -0.4 is 0 Å². The van der Waals surface area contributed by atoms with Crippen LogP contribution in [0.5, 0.6) is 0 Å². The van der Waals surface area contributed by atoms with E-state index in [0.29, 0.717) is 0 Å².